The molecule has 1 N–H and O–H groups in total. The van der Waals surface area contributed by atoms with Crippen molar-refractivity contribution in [2.45, 2.75) is 52.9 Å². The van der Waals surface area contributed by atoms with E-state index in [9.17, 15) is 9.90 Å². The number of morpholine rings is 1. The monoisotopic (exact) mass is 429 g/mol. The Bertz CT molecular complexity index is 777. The van der Waals surface area contributed by atoms with Crippen LogP contribution < -0.4 is 9.80 Å². The summed E-state index contributed by atoms with van der Waals surface area (Å²) >= 11 is 0. The molecule has 2 heterocycles. The largest absolute Gasteiger partial charge is 0.465 e. The number of ether oxygens (including phenoxy) is 1. The van der Waals surface area contributed by atoms with Crippen molar-refractivity contribution in [3.05, 3.63) is 23.8 Å². The van der Waals surface area contributed by atoms with E-state index in [1.165, 1.54) is 41.1 Å². The molecular weight excluding hydrogens is 390 g/mol. The van der Waals surface area contributed by atoms with Crippen molar-refractivity contribution in [1.82, 2.24) is 4.90 Å². The fourth-order valence-corrected chi connectivity index (χ4v) is 6.37. The molecule has 0 radical (unpaired) electrons. The Hall–Kier alpha value is -1.95. The predicted octanol–water partition coefficient (Wildman–Crippen LogP) is 4.64. The van der Waals surface area contributed by atoms with Crippen LogP contribution in [-0.4, -0.2) is 68.6 Å². The van der Waals surface area contributed by atoms with E-state index >= 15 is 0 Å². The maximum absolute atomic E-state index is 11.4. The lowest BCUT2D eigenvalue weighted by Gasteiger charge is -2.46. The van der Waals surface area contributed by atoms with E-state index in [1.807, 2.05) is 0 Å². The van der Waals surface area contributed by atoms with Crippen LogP contribution in [0.1, 0.15) is 58.4 Å². The summed E-state index contributed by atoms with van der Waals surface area (Å²) in [7, 11) is 0. The number of carbonyl (C=O) groups is 1. The third-order valence-electron chi connectivity index (χ3n) is 7.28. The van der Waals surface area contributed by atoms with Crippen LogP contribution in [0.15, 0.2) is 18.2 Å². The third-order valence-corrected chi connectivity index (χ3v) is 7.28. The molecule has 0 aromatic heterocycles. The van der Waals surface area contributed by atoms with Gasteiger partial charge < -0.3 is 24.5 Å². The number of benzene rings is 1. The zero-order valence-electron chi connectivity index (χ0n) is 19.7. The van der Waals surface area contributed by atoms with Crippen molar-refractivity contribution in [1.29, 1.82) is 0 Å². The molecule has 0 unspecified atom stereocenters. The lowest BCUT2D eigenvalue weighted by Crippen LogP contribution is -2.48. The Morgan fingerprint density at radius 1 is 0.935 bits per heavy atom. The zero-order chi connectivity index (χ0) is 22.2. The van der Waals surface area contributed by atoms with Crippen molar-refractivity contribution in [3.63, 3.8) is 0 Å². The maximum atomic E-state index is 11.4. The SMILES string of the molecule is CC1(C)CC(c2ccc(N3CCOCC3)cc2N2CCN(C(=O)O)CC2)CC(C)(C)C1. The summed E-state index contributed by atoms with van der Waals surface area (Å²) in [6, 6.07) is 7.03. The highest BCUT2D eigenvalue weighted by molar-refractivity contribution is 5.68. The van der Waals surface area contributed by atoms with Gasteiger partial charge in [0.15, 0.2) is 0 Å². The van der Waals surface area contributed by atoms with Gasteiger partial charge in [-0.25, -0.2) is 4.79 Å². The fraction of sp³-hybridized carbons (Fsp3) is 0.720. The second-order valence-electron chi connectivity index (χ2n) is 11.2. The second kappa shape index (κ2) is 8.53. The summed E-state index contributed by atoms with van der Waals surface area (Å²) in [5.74, 6) is 0.532. The lowest BCUT2D eigenvalue weighted by atomic mass is 9.60. The molecule has 1 aromatic rings. The van der Waals surface area contributed by atoms with Gasteiger partial charge in [0.05, 0.1) is 13.2 Å². The Morgan fingerprint density at radius 3 is 2.13 bits per heavy atom. The molecular formula is C25H39N3O3. The van der Waals surface area contributed by atoms with E-state index in [4.69, 9.17) is 4.74 Å². The Labute approximate surface area is 187 Å². The summed E-state index contributed by atoms with van der Waals surface area (Å²) in [4.78, 5) is 17.8. The van der Waals surface area contributed by atoms with Gasteiger partial charge in [-0.2, -0.15) is 0 Å². The van der Waals surface area contributed by atoms with E-state index < -0.39 is 6.09 Å². The highest BCUT2D eigenvalue weighted by Crippen LogP contribution is 2.53. The Kier molecular flexibility index (Phi) is 6.12. The quantitative estimate of drug-likeness (QED) is 0.758. The van der Waals surface area contributed by atoms with Gasteiger partial charge in [-0.3, -0.25) is 0 Å². The lowest BCUT2D eigenvalue weighted by molar-refractivity contribution is 0.0969. The average molecular weight is 430 g/mol. The molecule has 0 bridgehead atoms. The molecule has 1 amide bonds. The van der Waals surface area contributed by atoms with Gasteiger partial charge in [0.2, 0.25) is 0 Å². The number of piperazine rings is 1. The standard InChI is InChI=1S/C25H39N3O3/c1-24(2)16-19(17-25(3,4)18-24)21-6-5-20(26-11-13-31-14-12-26)15-22(21)27-7-9-28(10-8-27)23(29)30/h5-6,15,19H,7-14,16-18H2,1-4H3,(H,29,30). The van der Waals surface area contributed by atoms with Gasteiger partial charge in [0.1, 0.15) is 0 Å². The minimum Gasteiger partial charge on any atom is -0.465 e. The van der Waals surface area contributed by atoms with Gasteiger partial charge >= 0.3 is 6.09 Å². The molecule has 2 saturated heterocycles. The molecule has 1 saturated carbocycles. The molecule has 1 aromatic carbocycles. The van der Waals surface area contributed by atoms with Crippen LogP contribution >= 0.6 is 0 Å². The van der Waals surface area contributed by atoms with Gasteiger partial charge in [0.25, 0.3) is 0 Å². The van der Waals surface area contributed by atoms with Crippen LogP contribution in [0.3, 0.4) is 0 Å². The first-order valence-electron chi connectivity index (χ1n) is 11.8. The average Bonchev–Trinajstić information content (AvgIpc) is 2.72. The van der Waals surface area contributed by atoms with Crippen LogP contribution in [0.5, 0.6) is 0 Å². The maximum Gasteiger partial charge on any atom is 0.407 e. The van der Waals surface area contributed by atoms with Crippen molar-refractivity contribution in [3.8, 4) is 0 Å². The molecule has 0 atom stereocenters. The van der Waals surface area contributed by atoms with Crippen molar-refractivity contribution < 1.29 is 14.6 Å². The van der Waals surface area contributed by atoms with Crippen LogP contribution in [0, 0.1) is 10.8 Å². The van der Waals surface area contributed by atoms with E-state index in [2.05, 4.69) is 55.7 Å². The molecule has 172 valence electrons. The molecule has 3 aliphatic rings. The number of hydrogen-bond acceptors (Lipinski definition) is 4. The van der Waals surface area contributed by atoms with E-state index in [-0.39, 0.29) is 0 Å². The first-order chi connectivity index (χ1) is 14.6. The number of nitrogens with zero attached hydrogens (tertiary/aromatic N) is 3. The molecule has 2 aliphatic heterocycles. The van der Waals surface area contributed by atoms with Crippen LogP contribution in [-0.2, 0) is 4.74 Å². The minimum atomic E-state index is -0.808. The molecule has 0 spiro atoms. The molecule has 1 aliphatic carbocycles. The van der Waals surface area contributed by atoms with Gasteiger partial charge in [0, 0.05) is 50.6 Å². The highest BCUT2D eigenvalue weighted by atomic mass is 16.5. The Morgan fingerprint density at radius 2 is 1.55 bits per heavy atom. The first-order valence-corrected chi connectivity index (χ1v) is 11.8. The smallest absolute Gasteiger partial charge is 0.407 e. The molecule has 6 heteroatoms. The van der Waals surface area contributed by atoms with E-state index in [0.717, 1.165) is 39.4 Å². The molecule has 31 heavy (non-hydrogen) atoms. The first kappa shape index (κ1) is 22.3. The normalized spacial score (nSPS) is 24.3. The summed E-state index contributed by atoms with van der Waals surface area (Å²) in [6.07, 6.45) is 2.86. The van der Waals surface area contributed by atoms with E-state index in [1.54, 1.807) is 0 Å². The Balaban J connectivity index is 1.66. The summed E-state index contributed by atoms with van der Waals surface area (Å²) in [5, 5.41) is 9.37. The van der Waals surface area contributed by atoms with Gasteiger partial charge in [-0.05, 0) is 53.7 Å². The van der Waals surface area contributed by atoms with Crippen molar-refractivity contribution in [2.24, 2.45) is 10.8 Å². The number of hydrogen-bond donors (Lipinski definition) is 1. The van der Waals surface area contributed by atoms with Gasteiger partial charge in [-0.1, -0.05) is 33.8 Å². The van der Waals surface area contributed by atoms with Crippen LogP contribution in [0.4, 0.5) is 16.2 Å². The fourth-order valence-electron chi connectivity index (χ4n) is 6.37. The summed E-state index contributed by atoms with van der Waals surface area (Å²) in [5.41, 5.74) is 4.68. The minimum absolute atomic E-state index is 0.328. The molecule has 4 rings (SSSR count). The third kappa shape index (κ3) is 5.11. The number of anilines is 2. The summed E-state index contributed by atoms with van der Waals surface area (Å²) < 4.78 is 5.55. The van der Waals surface area contributed by atoms with E-state index in [0.29, 0.717) is 29.8 Å². The number of rotatable bonds is 3. The van der Waals surface area contributed by atoms with Crippen molar-refractivity contribution in [2.75, 3.05) is 62.3 Å². The summed E-state index contributed by atoms with van der Waals surface area (Å²) in [6.45, 7) is 15.7. The highest BCUT2D eigenvalue weighted by Gasteiger charge is 2.40. The van der Waals surface area contributed by atoms with Gasteiger partial charge in [-0.15, -0.1) is 0 Å². The zero-order valence-corrected chi connectivity index (χ0v) is 19.7. The van der Waals surface area contributed by atoms with Crippen LogP contribution in [0.25, 0.3) is 0 Å². The topological polar surface area (TPSA) is 56.2 Å². The number of carboxylic acid groups (broad SMARTS) is 1. The van der Waals surface area contributed by atoms with Crippen LogP contribution in [0.2, 0.25) is 0 Å². The van der Waals surface area contributed by atoms with Crippen molar-refractivity contribution >= 4 is 17.5 Å². The molecule has 3 fully saturated rings. The predicted molar refractivity (Wildman–Crippen MR) is 125 cm³/mol. The number of amides is 1. The molecule has 6 nitrogen and oxygen atoms in total. The second-order valence-corrected chi connectivity index (χ2v) is 11.2.